The zero-order valence-electron chi connectivity index (χ0n) is 12.4. The van der Waals surface area contributed by atoms with Gasteiger partial charge in [-0.2, -0.15) is 9.97 Å². The van der Waals surface area contributed by atoms with Crippen molar-refractivity contribution in [3.63, 3.8) is 0 Å². The fraction of sp³-hybridized carbons (Fsp3) is 0.769. The first-order valence-corrected chi connectivity index (χ1v) is 7.06. The highest BCUT2D eigenvalue weighted by Crippen LogP contribution is 2.17. The van der Waals surface area contributed by atoms with Crippen molar-refractivity contribution in [1.29, 1.82) is 0 Å². The van der Waals surface area contributed by atoms with E-state index in [1.807, 2.05) is 13.8 Å². The average Bonchev–Trinajstić information content (AvgIpc) is 2.36. The lowest BCUT2D eigenvalue weighted by atomic mass is 10.0. The molecule has 0 aliphatic carbocycles. The van der Waals surface area contributed by atoms with Gasteiger partial charge in [0.25, 0.3) is 0 Å². The number of hydrogen-bond acceptors (Lipinski definition) is 7. The van der Waals surface area contributed by atoms with Gasteiger partial charge in [-0.05, 0) is 40.3 Å². The van der Waals surface area contributed by atoms with Crippen molar-refractivity contribution >= 4 is 5.95 Å². The molecule has 1 atom stereocenters. The Morgan fingerprint density at radius 1 is 1.25 bits per heavy atom. The standard InChI is InChI=1S/C13H23N5O2/c1-9(2)20-13-16-11(14)15-12(17-13)19-8-10-6-4-5-7-18(10)3/h9-10H,4-8H2,1-3H3,(H2,14,15,16,17). The van der Waals surface area contributed by atoms with Crippen LogP contribution in [0.3, 0.4) is 0 Å². The van der Waals surface area contributed by atoms with Crippen molar-refractivity contribution in [3.8, 4) is 12.0 Å². The van der Waals surface area contributed by atoms with Crippen LogP contribution in [0.5, 0.6) is 12.0 Å². The molecule has 1 aromatic rings. The van der Waals surface area contributed by atoms with Gasteiger partial charge in [-0.15, -0.1) is 4.98 Å². The lowest BCUT2D eigenvalue weighted by molar-refractivity contribution is 0.118. The maximum absolute atomic E-state index is 5.66. The lowest BCUT2D eigenvalue weighted by Crippen LogP contribution is -2.40. The van der Waals surface area contributed by atoms with E-state index >= 15 is 0 Å². The van der Waals surface area contributed by atoms with Crippen LogP contribution in [-0.4, -0.2) is 52.2 Å². The van der Waals surface area contributed by atoms with E-state index in [9.17, 15) is 0 Å². The first kappa shape index (κ1) is 14.8. The summed E-state index contributed by atoms with van der Waals surface area (Å²) in [5, 5.41) is 0. The number of nitrogens with two attached hydrogens (primary N) is 1. The maximum Gasteiger partial charge on any atom is 0.324 e. The number of ether oxygens (including phenoxy) is 2. The summed E-state index contributed by atoms with van der Waals surface area (Å²) in [6.45, 7) is 5.46. The fourth-order valence-corrected chi connectivity index (χ4v) is 2.21. The predicted molar refractivity (Wildman–Crippen MR) is 75.8 cm³/mol. The summed E-state index contributed by atoms with van der Waals surface area (Å²) in [5.41, 5.74) is 5.64. The number of rotatable bonds is 5. The smallest absolute Gasteiger partial charge is 0.324 e. The predicted octanol–water partition coefficient (Wildman–Crippen LogP) is 1.10. The molecule has 0 spiro atoms. The number of aromatic nitrogens is 3. The molecular weight excluding hydrogens is 258 g/mol. The lowest BCUT2D eigenvalue weighted by Gasteiger charge is -2.31. The minimum absolute atomic E-state index is 0.0193. The molecule has 0 radical (unpaired) electrons. The average molecular weight is 281 g/mol. The molecule has 7 heteroatoms. The SMILES string of the molecule is CC(C)Oc1nc(N)nc(OCC2CCCCN2C)n1. The molecule has 1 aromatic heterocycles. The second kappa shape index (κ2) is 6.69. The molecule has 2 N–H and O–H groups in total. The van der Waals surface area contributed by atoms with Crippen LogP contribution >= 0.6 is 0 Å². The van der Waals surface area contributed by atoms with E-state index < -0.39 is 0 Å². The normalized spacial score (nSPS) is 20.1. The Bertz CT molecular complexity index is 441. The van der Waals surface area contributed by atoms with Crippen molar-refractivity contribution in [2.45, 2.75) is 45.3 Å². The van der Waals surface area contributed by atoms with Crippen molar-refractivity contribution < 1.29 is 9.47 Å². The highest BCUT2D eigenvalue weighted by Gasteiger charge is 2.20. The Morgan fingerprint density at radius 2 is 2.00 bits per heavy atom. The van der Waals surface area contributed by atoms with Gasteiger partial charge in [0, 0.05) is 6.04 Å². The van der Waals surface area contributed by atoms with Crippen LogP contribution in [-0.2, 0) is 0 Å². The molecule has 0 saturated carbocycles. The van der Waals surface area contributed by atoms with E-state index in [1.165, 1.54) is 12.8 Å². The number of nitrogens with zero attached hydrogens (tertiary/aromatic N) is 4. The zero-order valence-corrected chi connectivity index (χ0v) is 12.4. The van der Waals surface area contributed by atoms with Gasteiger partial charge >= 0.3 is 12.0 Å². The second-order valence-corrected chi connectivity index (χ2v) is 5.37. The van der Waals surface area contributed by atoms with E-state index in [2.05, 4.69) is 26.9 Å². The number of likely N-dealkylation sites (N-methyl/N-ethyl adjacent to an activating group) is 1. The molecular formula is C13H23N5O2. The van der Waals surface area contributed by atoms with Gasteiger partial charge in [0.2, 0.25) is 5.95 Å². The van der Waals surface area contributed by atoms with Gasteiger partial charge in [-0.1, -0.05) is 6.42 Å². The van der Waals surface area contributed by atoms with Crippen molar-refractivity contribution in [2.75, 3.05) is 25.9 Å². The van der Waals surface area contributed by atoms with E-state index in [0.29, 0.717) is 12.6 Å². The molecule has 2 heterocycles. The van der Waals surface area contributed by atoms with E-state index in [4.69, 9.17) is 15.2 Å². The quantitative estimate of drug-likeness (QED) is 0.864. The molecule has 112 valence electrons. The summed E-state index contributed by atoms with van der Waals surface area (Å²) in [6, 6.07) is 0.836. The van der Waals surface area contributed by atoms with Gasteiger partial charge in [-0.3, -0.25) is 0 Å². The molecule has 1 aliphatic heterocycles. The van der Waals surface area contributed by atoms with Crippen LogP contribution in [0.1, 0.15) is 33.1 Å². The van der Waals surface area contributed by atoms with Crippen molar-refractivity contribution in [1.82, 2.24) is 19.9 Å². The van der Waals surface area contributed by atoms with Gasteiger partial charge in [0.05, 0.1) is 6.10 Å². The molecule has 20 heavy (non-hydrogen) atoms. The summed E-state index contributed by atoms with van der Waals surface area (Å²) in [5.74, 6) is 0.114. The molecule has 1 saturated heterocycles. The summed E-state index contributed by atoms with van der Waals surface area (Å²) in [7, 11) is 2.11. The Balaban J connectivity index is 1.96. The third kappa shape index (κ3) is 4.19. The van der Waals surface area contributed by atoms with Crippen molar-refractivity contribution in [3.05, 3.63) is 0 Å². The first-order chi connectivity index (χ1) is 9.54. The van der Waals surface area contributed by atoms with E-state index in [-0.39, 0.29) is 24.1 Å². The van der Waals surface area contributed by atoms with E-state index in [0.717, 1.165) is 13.0 Å². The number of nitrogen functional groups attached to an aromatic ring is 1. The Morgan fingerprint density at radius 3 is 2.70 bits per heavy atom. The summed E-state index contributed by atoms with van der Waals surface area (Å²) < 4.78 is 11.1. The summed E-state index contributed by atoms with van der Waals surface area (Å²) in [4.78, 5) is 14.3. The first-order valence-electron chi connectivity index (χ1n) is 7.06. The second-order valence-electron chi connectivity index (χ2n) is 5.37. The number of anilines is 1. The molecule has 0 bridgehead atoms. The Kier molecular flexibility index (Phi) is 4.94. The minimum atomic E-state index is -0.0193. The molecule has 1 unspecified atom stereocenters. The third-order valence-electron chi connectivity index (χ3n) is 3.28. The van der Waals surface area contributed by atoms with Crippen molar-refractivity contribution in [2.24, 2.45) is 0 Å². The monoisotopic (exact) mass is 281 g/mol. The number of likely N-dealkylation sites (tertiary alicyclic amines) is 1. The van der Waals surface area contributed by atoms with Crippen LogP contribution in [0.25, 0.3) is 0 Å². The number of piperidine rings is 1. The third-order valence-corrected chi connectivity index (χ3v) is 3.28. The van der Waals surface area contributed by atoms with Crippen LogP contribution < -0.4 is 15.2 Å². The molecule has 1 aliphatic rings. The number of hydrogen-bond donors (Lipinski definition) is 1. The van der Waals surface area contributed by atoms with E-state index in [1.54, 1.807) is 0 Å². The fourth-order valence-electron chi connectivity index (χ4n) is 2.21. The Hall–Kier alpha value is -1.63. The Labute approximate surface area is 119 Å². The van der Waals surface area contributed by atoms with Gasteiger partial charge in [0.1, 0.15) is 6.61 Å². The highest BCUT2D eigenvalue weighted by atomic mass is 16.5. The van der Waals surface area contributed by atoms with Crippen LogP contribution in [0.15, 0.2) is 0 Å². The van der Waals surface area contributed by atoms with Crippen LogP contribution in [0.2, 0.25) is 0 Å². The topological polar surface area (TPSA) is 86.4 Å². The molecule has 2 rings (SSSR count). The largest absolute Gasteiger partial charge is 0.462 e. The van der Waals surface area contributed by atoms with Gasteiger partial charge in [0.15, 0.2) is 0 Å². The maximum atomic E-state index is 5.66. The minimum Gasteiger partial charge on any atom is -0.462 e. The summed E-state index contributed by atoms with van der Waals surface area (Å²) >= 11 is 0. The highest BCUT2D eigenvalue weighted by molar-refractivity contribution is 5.20. The van der Waals surface area contributed by atoms with Gasteiger partial charge < -0.3 is 20.1 Å². The van der Waals surface area contributed by atoms with Gasteiger partial charge in [-0.25, -0.2) is 0 Å². The summed E-state index contributed by atoms with van der Waals surface area (Å²) in [6.07, 6.45) is 3.60. The molecule has 1 fully saturated rings. The van der Waals surface area contributed by atoms with Crippen LogP contribution in [0, 0.1) is 0 Å². The van der Waals surface area contributed by atoms with Crippen LogP contribution in [0.4, 0.5) is 5.95 Å². The molecule has 7 nitrogen and oxygen atoms in total. The molecule has 0 amide bonds. The zero-order chi connectivity index (χ0) is 14.5. The molecule has 0 aromatic carbocycles.